The molecule has 0 fully saturated rings. The van der Waals surface area contributed by atoms with Crippen LogP contribution in [-0.2, 0) is 11.0 Å². The van der Waals surface area contributed by atoms with Crippen LogP contribution in [0.2, 0.25) is 0 Å². The van der Waals surface area contributed by atoms with Crippen molar-refractivity contribution in [1.29, 1.82) is 0 Å². The Kier molecular flexibility index (Phi) is 6.19. The summed E-state index contributed by atoms with van der Waals surface area (Å²) in [6, 6.07) is 0. The van der Waals surface area contributed by atoms with Gasteiger partial charge in [-0.1, -0.05) is 81.4 Å². The fourth-order valence-electron chi connectivity index (χ4n) is 3.73. The van der Waals surface area contributed by atoms with Crippen molar-refractivity contribution in [3.05, 3.63) is 11.9 Å². The molecular weight excluding hydrogens is 318 g/mol. The van der Waals surface area contributed by atoms with Gasteiger partial charge in [0.1, 0.15) is 0 Å². The molecule has 1 aromatic rings. The van der Waals surface area contributed by atoms with Gasteiger partial charge in [-0.2, -0.15) is 0 Å². The predicted octanol–water partition coefficient (Wildman–Crippen LogP) is 6.83. The largest absolute Gasteiger partial charge is 0.247 e. The minimum Gasteiger partial charge on any atom is -0.247 e. The van der Waals surface area contributed by atoms with E-state index in [0.717, 1.165) is 18.5 Å². The van der Waals surface area contributed by atoms with Crippen LogP contribution < -0.4 is 0 Å². The minimum absolute atomic E-state index is 0.0155. The van der Waals surface area contributed by atoms with Crippen LogP contribution in [0, 0.1) is 22.2 Å². The summed E-state index contributed by atoms with van der Waals surface area (Å²) in [5, 5.41) is 9.16. The predicted molar refractivity (Wildman–Crippen MR) is 113 cm³/mol. The molecule has 0 amide bonds. The first kappa shape index (κ1) is 23.2. The van der Waals surface area contributed by atoms with Crippen molar-refractivity contribution < 1.29 is 0 Å². The zero-order chi connectivity index (χ0) is 20.8. The summed E-state index contributed by atoms with van der Waals surface area (Å²) in [5.74, 6) is 0.640. The molecule has 0 unspecified atom stereocenters. The summed E-state index contributed by atoms with van der Waals surface area (Å²) in [4.78, 5) is 0. The van der Waals surface area contributed by atoms with Crippen LogP contribution in [-0.4, -0.2) is 15.0 Å². The molecule has 0 aliphatic carbocycles. The molecule has 152 valence electrons. The third-order valence-electron chi connectivity index (χ3n) is 7.17. The van der Waals surface area contributed by atoms with E-state index >= 15 is 0 Å². The van der Waals surface area contributed by atoms with Gasteiger partial charge in [0.25, 0.3) is 0 Å². The van der Waals surface area contributed by atoms with Gasteiger partial charge in [0.15, 0.2) is 0 Å². The minimum atomic E-state index is -0.0638. The summed E-state index contributed by atoms with van der Waals surface area (Å²) in [6.45, 7) is 30.2. The van der Waals surface area contributed by atoms with Crippen LogP contribution >= 0.6 is 0 Å². The molecule has 1 rings (SSSR count). The Morgan fingerprint density at radius 1 is 0.846 bits per heavy atom. The molecule has 0 aliphatic rings. The molecule has 0 bridgehead atoms. The first-order valence-electron chi connectivity index (χ1n) is 10.3. The van der Waals surface area contributed by atoms with Crippen molar-refractivity contribution in [3.8, 4) is 0 Å². The number of hydrogen-bond donors (Lipinski definition) is 0. The molecule has 1 aromatic heterocycles. The zero-order valence-electron chi connectivity index (χ0n) is 19.9. The van der Waals surface area contributed by atoms with Gasteiger partial charge < -0.3 is 0 Å². The lowest BCUT2D eigenvalue weighted by molar-refractivity contribution is 0.0655. The highest BCUT2D eigenvalue weighted by Crippen LogP contribution is 2.46. The third kappa shape index (κ3) is 5.10. The second-order valence-corrected chi connectivity index (χ2v) is 12.4. The number of hydrogen-bond acceptors (Lipinski definition) is 2. The molecule has 0 N–H and O–H groups in total. The van der Waals surface area contributed by atoms with E-state index in [9.17, 15) is 0 Å². The van der Waals surface area contributed by atoms with Crippen molar-refractivity contribution in [2.24, 2.45) is 22.2 Å². The van der Waals surface area contributed by atoms with Crippen LogP contribution in [0.25, 0.3) is 0 Å². The lowest BCUT2D eigenvalue weighted by atomic mass is 9.64. The quantitative estimate of drug-likeness (QED) is 0.532. The van der Waals surface area contributed by atoms with Crippen LogP contribution in [0.1, 0.15) is 109 Å². The molecule has 0 aliphatic heterocycles. The molecule has 0 radical (unpaired) electrons. The standard InChI is InChI=1S/C23H45N3/c1-17(2)20(6,7)15-21(8,9)18-14-26(25-24-18)23(12,13)16-22(10,11)19(3,4)5/h14,17H,15-16H2,1-13H3. The Morgan fingerprint density at radius 3 is 1.77 bits per heavy atom. The van der Waals surface area contributed by atoms with E-state index in [2.05, 4.69) is 111 Å². The molecule has 1 heterocycles. The van der Waals surface area contributed by atoms with Gasteiger partial charge in [-0.3, -0.25) is 0 Å². The van der Waals surface area contributed by atoms with E-state index in [4.69, 9.17) is 0 Å². The molecule has 0 aromatic carbocycles. The summed E-state index contributed by atoms with van der Waals surface area (Å²) >= 11 is 0. The highest BCUT2D eigenvalue weighted by Gasteiger charge is 2.40. The van der Waals surface area contributed by atoms with Crippen molar-refractivity contribution >= 4 is 0 Å². The number of nitrogens with zero attached hydrogens (tertiary/aromatic N) is 3. The van der Waals surface area contributed by atoms with Gasteiger partial charge in [0.05, 0.1) is 11.2 Å². The number of aromatic nitrogens is 3. The lowest BCUT2D eigenvalue weighted by Gasteiger charge is -2.44. The van der Waals surface area contributed by atoms with Crippen LogP contribution in [0.3, 0.4) is 0 Å². The van der Waals surface area contributed by atoms with Crippen molar-refractivity contribution in [1.82, 2.24) is 15.0 Å². The average Bonchev–Trinajstić information content (AvgIpc) is 2.85. The molecule has 0 saturated carbocycles. The van der Waals surface area contributed by atoms with Gasteiger partial charge in [-0.25, -0.2) is 4.68 Å². The van der Waals surface area contributed by atoms with E-state index in [-0.39, 0.29) is 27.2 Å². The first-order valence-corrected chi connectivity index (χ1v) is 10.3. The second-order valence-electron chi connectivity index (χ2n) is 12.4. The molecule has 0 atom stereocenters. The molecular formula is C23H45N3. The second kappa shape index (κ2) is 6.95. The van der Waals surface area contributed by atoms with Crippen molar-refractivity contribution in [3.63, 3.8) is 0 Å². The molecule has 26 heavy (non-hydrogen) atoms. The van der Waals surface area contributed by atoms with Gasteiger partial charge in [-0.05, 0) is 48.9 Å². The zero-order valence-corrected chi connectivity index (χ0v) is 19.9. The Bertz CT molecular complexity index is 595. The SMILES string of the molecule is CC(C)C(C)(C)CC(C)(C)c1cn(C(C)(C)CC(C)(C)C(C)(C)C)nn1. The summed E-state index contributed by atoms with van der Waals surface area (Å²) in [6.07, 6.45) is 4.35. The summed E-state index contributed by atoms with van der Waals surface area (Å²) in [5.41, 5.74) is 1.78. The maximum atomic E-state index is 4.60. The van der Waals surface area contributed by atoms with Crippen LogP contribution in [0.5, 0.6) is 0 Å². The highest BCUT2D eigenvalue weighted by molar-refractivity contribution is 5.11. The van der Waals surface area contributed by atoms with Gasteiger partial charge in [0.2, 0.25) is 0 Å². The van der Waals surface area contributed by atoms with Crippen molar-refractivity contribution in [2.45, 2.75) is 114 Å². The van der Waals surface area contributed by atoms with Crippen LogP contribution in [0.4, 0.5) is 0 Å². The molecule has 3 nitrogen and oxygen atoms in total. The van der Waals surface area contributed by atoms with Gasteiger partial charge >= 0.3 is 0 Å². The normalized spacial score (nSPS) is 15.0. The van der Waals surface area contributed by atoms with E-state index in [1.54, 1.807) is 0 Å². The van der Waals surface area contributed by atoms with Gasteiger partial charge in [-0.15, -0.1) is 5.10 Å². The Labute approximate surface area is 163 Å². The smallest absolute Gasteiger partial charge is 0.0883 e. The Balaban J connectivity index is 3.09. The lowest BCUT2D eigenvalue weighted by Crippen LogP contribution is -2.39. The Hall–Kier alpha value is -0.860. The van der Waals surface area contributed by atoms with E-state index in [0.29, 0.717) is 5.92 Å². The van der Waals surface area contributed by atoms with E-state index in [1.165, 1.54) is 0 Å². The maximum Gasteiger partial charge on any atom is 0.0883 e. The number of rotatable bonds is 7. The maximum absolute atomic E-state index is 4.60. The van der Waals surface area contributed by atoms with Crippen LogP contribution in [0.15, 0.2) is 6.20 Å². The summed E-state index contributed by atoms with van der Waals surface area (Å²) < 4.78 is 2.10. The topological polar surface area (TPSA) is 30.7 Å². The third-order valence-corrected chi connectivity index (χ3v) is 7.17. The van der Waals surface area contributed by atoms with Crippen molar-refractivity contribution in [2.75, 3.05) is 0 Å². The molecule has 3 heteroatoms. The highest BCUT2D eigenvalue weighted by atomic mass is 15.4. The fourth-order valence-corrected chi connectivity index (χ4v) is 3.73. The molecule has 0 spiro atoms. The first-order chi connectivity index (χ1) is 11.3. The van der Waals surface area contributed by atoms with E-state index in [1.807, 2.05) is 0 Å². The Morgan fingerprint density at radius 2 is 1.35 bits per heavy atom. The molecule has 0 saturated heterocycles. The van der Waals surface area contributed by atoms with Gasteiger partial charge in [0, 0.05) is 11.6 Å². The monoisotopic (exact) mass is 363 g/mol. The fraction of sp³-hybridized carbons (Fsp3) is 0.913. The average molecular weight is 364 g/mol. The van der Waals surface area contributed by atoms with E-state index < -0.39 is 0 Å². The summed E-state index contributed by atoms with van der Waals surface area (Å²) in [7, 11) is 0.